The van der Waals surface area contributed by atoms with Gasteiger partial charge < -0.3 is 10.1 Å². The number of nitrogens with zero attached hydrogens (tertiary/aromatic N) is 1. The number of hydrogen-bond donors (Lipinski definition) is 1. The van der Waals surface area contributed by atoms with E-state index < -0.39 is 23.4 Å². The van der Waals surface area contributed by atoms with Gasteiger partial charge in [-0.05, 0) is 24.6 Å². The van der Waals surface area contributed by atoms with Gasteiger partial charge in [-0.2, -0.15) is 0 Å². The van der Waals surface area contributed by atoms with E-state index in [1.807, 2.05) is 0 Å². The maximum absolute atomic E-state index is 12.0. The fourth-order valence-corrected chi connectivity index (χ4v) is 2.36. The largest absolute Gasteiger partial charge is 0.452 e. The molecule has 0 atom stereocenters. The molecule has 1 amide bonds. The van der Waals surface area contributed by atoms with Crippen molar-refractivity contribution in [2.75, 3.05) is 6.61 Å². The highest BCUT2D eigenvalue weighted by Crippen LogP contribution is 2.23. The number of esters is 1. The van der Waals surface area contributed by atoms with Crippen molar-refractivity contribution in [1.29, 1.82) is 0 Å². The molecule has 0 saturated heterocycles. The number of carbonyl (C=O) groups is 2. The Bertz CT molecular complexity index is 822. The predicted molar refractivity (Wildman–Crippen MR) is 91.4 cm³/mol. The van der Waals surface area contributed by atoms with Crippen LogP contribution in [-0.4, -0.2) is 23.4 Å². The number of nitrogens with one attached hydrogen (secondary N) is 1. The van der Waals surface area contributed by atoms with Gasteiger partial charge in [-0.3, -0.25) is 14.9 Å². The van der Waals surface area contributed by atoms with Gasteiger partial charge in [0.15, 0.2) is 6.61 Å². The van der Waals surface area contributed by atoms with E-state index >= 15 is 0 Å². The third-order valence-corrected chi connectivity index (χ3v) is 3.78. The van der Waals surface area contributed by atoms with Crippen LogP contribution in [-0.2, 0) is 16.1 Å². The fourth-order valence-electron chi connectivity index (χ4n) is 2.16. The smallest absolute Gasteiger partial charge is 0.345 e. The van der Waals surface area contributed by atoms with E-state index in [2.05, 4.69) is 5.32 Å². The van der Waals surface area contributed by atoms with Crippen LogP contribution in [0.2, 0.25) is 5.02 Å². The molecule has 1 N–H and O–H groups in total. The summed E-state index contributed by atoms with van der Waals surface area (Å²) in [5.74, 6) is -1.47. The minimum absolute atomic E-state index is 0.181. The highest BCUT2D eigenvalue weighted by Gasteiger charge is 2.24. The molecule has 2 aromatic rings. The molecule has 0 aliphatic heterocycles. The maximum atomic E-state index is 12.0. The number of hydrogen-bond acceptors (Lipinski definition) is 5. The van der Waals surface area contributed by atoms with Gasteiger partial charge in [0.05, 0.1) is 4.92 Å². The zero-order valence-corrected chi connectivity index (χ0v) is 14.1. The van der Waals surface area contributed by atoms with E-state index in [1.54, 1.807) is 24.3 Å². The second kappa shape index (κ2) is 8.25. The molecule has 0 bridgehead atoms. The lowest BCUT2D eigenvalue weighted by atomic mass is 10.1. The Hall–Kier alpha value is -2.93. The third-order valence-electron chi connectivity index (χ3n) is 3.41. The van der Waals surface area contributed by atoms with E-state index in [0.29, 0.717) is 10.6 Å². The molecule has 0 unspecified atom stereocenters. The van der Waals surface area contributed by atoms with Crippen LogP contribution in [0.3, 0.4) is 0 Å². The molecular formula is C17H15ClN2O5. The van der Waals surface area contributed by atoms with Crippen molar-refractivity contribution < 1.29 is 19.2 Å². The zero-order valence-electron chi connectivity index (χ0n) is 13.3. The molecule has 0 aromatic heterocycles. The lowest BCUT2D eigenvalue weighted by molar-refractivity contribution is -0.385. The quantitative estimate of drug-likeness (QED) is 0.483. The summed E-state index contributed by atoms with van der Waals surface area (Å²) < 4.78 is 4.87. The minimum atomic E-state index is -0.928. The first-order chi connectivity index (χ1) is 11.9. The number of ether oxygens (including phenoxy) is 1. The number of carbonyl (C=O) groups excluding carboxylic acids is 2. The predicted octanol–water partition coefficient (Wildman–Crippen LogP) is 3.03. The molecule has 0 aliphatic carbocycles. The van der Waals surface area contributed by atoms with E-state index in [4.69, 9.17) is 16.3 Å². The molecular weight excluding hydrogens is 348 g/mol. The number of benzene rings is 2. The van der Waals surface area contributed by atoms with Crippen LogP contribution in [0, 0.1) is 17.0 Å². The lowest BCUT2D eigenvalue weighted by Gasteiger charge is -2.08. The molecule has 0 radical (unpaired) electrons. The van der Waals surface area contributed by atoms with Crippen molar-refractivity contribution in [3.8, 4) is 0 Å². The summed E-state index contributed by atoms with van der Waals surface area (Å²) in [6.07, 6.45) is 0. The van der Waals surface area contributed by atoms with Crippen LogP contribution in [0.15, 0.2) is 42.5 Å². The Morgan fingerprint density at radius 1 is 1.20 bits per heavy atom. The molecule has 0 aliphatic rings. The summed E-state index contributed by atoms with van der Waals surface area (Å²) in [4.78, 5) is 34.2. The van der Waals surface area contributed by atoms with Crippen LogP contribution in [0.25, 0.3) is 0 Å². The third kappa shape index (κ3) is 4.77. The number of para-hydroxylation sites is 1. The first-order valence-corrected chi connectivity index (χ1v) is 7.69. The monoisotopic (exact) mass is 362 g/mol. The van der Waals surface area contributed by atoms with Gasteiger partial charge in [-0.25, -0.2) is 4.79 Å². The van der Waals surface area contributed by atoms with Crippen molar-refractivity contribution in [1.82, 2.24) is 5.32 Å². The van der Waals surface area contributed by atoms with Crippen molar-refractivity contribution in [3.63, 3.8) is 0 Å². The Morgan fingerprint density at radius 2 is 1.92 bits per heavy atom. The molecule has 0 saturated carbocycles. The summed E-state index contributed by atoms with van der Waals surface area (Å²) in [5.41, 5.74) is 0.536. The van der Waals surface area contributed by atoms with Crippen molar-refractivity contribution in [2.24, 2.45) is 0 Å². The lowest BCUT2D eigenvalue weighted by Crippen LogP contribution is -2.28. The standard InChI is InChI=1S/C17H15ClN2O5/c1-11-5-4-7-13(16(11)20(23)24)17(22)25-10-15(21)19-9-12-6-2-3-8-14(12)18/h2-8H,9-10H2,1H3,(H,19,21). The van der Waals surface area contributed by atoms with Crippen molar-refractivity contribution >= 4 is 29.2 Å². The van der Waals surface area contributed by atoms with Gasteiger partial charge in [0.1, 0.15) is 5.56 Å². The van der Waals surface area contributed by atoms with E-state index in [-0.39, 0.29) is 17.8 Å². The number of aryl methyl sites for hydroxylation is 1. The molecule has 0 spiro atoms. The van der Waals surface area contributed by atoms with E-state index in [1.165, 1.54) is 25.1 Å². The summed E-state index contributed by atoms with van der Waals surface area (Å²) in [7, 11) is 0. The Balaban J connectivity index is 1.94. The van der Waals surface area contributed by atoms with Gasteiger partial charge in [0.25, 0.3) is 11.6 Å². The van der Waals surface area contributed by atoms with Gasteiger partial charge in [-0.1, -0.05) is 41.9 Å². The number of nitro benzene ring substituents is 1. The Morgan fingerprint density at radius 3 is 2.60 bits per heavy atom. The number of amides is 1. The fraction of sp³-hybridized carbons (Fsp3) is 0.176. The first kappa shape index (κ1) is 18.4. The Kier molecular flexibility index (Phi) is 6.08. The van der Waals surface area contributed by atoms with Gasteiger partial charge >= 0.3 is 5.97 Å². The topological polar surface area (TPSA) is 98.5 Å². The highest BCUT2D eigenvalue weighted by molar-refractivity contribution is 6.31. The molecule has 0 heterocycles. The minimum Gasteiger partial charge on any atom is -0.452 e. The second-order valence-corrected chi connectivity index (χ2v) is 5.58. The molecule has 25 heavy (non-hydrogen) atoms. The van der Waals surface area contributed by atoms with Crippen LogP contribution in [0.4, 0.5) is 5.69 Å². The number of nitro groups is 1. The molecule has 7 nitrogen and oxygen atoms in total. The van der Waals surface area contributed by atoms with Crippen LogP contribution in [0.1, 0.15) is 21.5 Å². The summed E-state index contributed by atoms with van der Waals surface area (Å²) in [6, 6.07) is 11.3. The molecule has 8 heteroatoms. The van der Waals surface area contributed by atoms with Gasteiger partial charge in [-0.15, -0.1) is 0 Å². The first-order valence-electron chi connectivity index (χ1n) is 7.31. The highest BCUT2D eigenvalue weighted by atomic mass is 35.5. The summed E-state index contributed by atoms with van der Waals surface area (Å²) in [5, 5.41) is 14.2. The van der Waals surface area contributed by atoms with Gasteiger partial charge in [0, 0.05) is 17.1 Å². The van der Waals surface area contributed by atoms with Gasteiger partial charge in [0.2, 0.25) is 0 Å². The average molecular weight is 363 g/mol. The second-order valence-electron chi connectivity index (χ2n) is 5.17. The van der Waals surface area contributed by atoms with Crippen LogP contribution < -0.4 is 5.32 Å². The van der Waals surface area contributed by atoms with Crippen molar-refractivity contribution in [3.05, 3.63) is 74.3 Å². The normalized spacial score (nSPS) is 10.2. The average Bonchev–Trinajstić information content (AvgIpc) is 2.58. The molecule has 0 fully saturated rings. The SMILES string of the molecule is Cc1cccc(C(=O)OCC(=O)NCc2ccccc2Cl)c1[N+](=O)[O-]. The summed E-state index contributed by atoms with van der Waals surface area (Å²) >= 11 is 5.98. The van der Waals surface area contributed by atoms with E-state index in [9.17, 15) is 19.7 Å². The Labute approximate surface area is 148 Å². The number of halogens is 1. The van der Waals surface area contributed by atoms with Crippen molar-refractivity contribution in [2.45, 2.75) is 13.5 Å². The van der Waals surface area contributed by atoms with E-state index in [0.717, 1.165) is 5.56 Å². The number of rotatable bonds is 6. The summed E-state index contributed by atoms with van der Waals surface area (Å²) in [6.45, 7) is 1.15. The van der Waals surface area contributed by atoms with Crippen LogP contribution >= 0.6 is 11.6 Å². The zero-order chi connectivity index (χ0) is 18.4. The molecule has 2 rings (SSSR count). The van der Waals surface area contributed by atoms with Crippen LogP contribution in [0.5, 0.6) is 0 Å². The molecule has 130 valence electrons. The maximum Gasteiger partial charge on any atom is 0.345 e. The molecule has 2 aromatic carbocycles.